The van der Waals surface area contributed by atoms with Gasteiger partial charge in [0.15, 0.2) is 8.32 Å². The van der Waals surface area contributed by atoms with E-state index in [2.05, 4.69) is 38.6 Å². The molecule has 1 N–H and O–H groups in total. The Morgan fingerprint density at radius 2 is 1.83 bits per heavy atom. The molecule has 0 aliphatic heterocycles. The van der Waals surface area contributed by atoms with Gasteiger partial charge in [-0.15, -0.1) is 4.72 Å². The molecule has 0 aliphatic rings. The zero-order chi connectivity index (χ0) is 23.3. The van der Waals surface area contributed by atoms with Crippen LogP contribution in [0.2, 0.25) is 23.2 Å². The van der Waals surface area contributed by atoms with E-state index < -0.39 is 24.4 Å². The zero-order valence-corrected chi connectivity index (χ0v) is 22.4. The highest BCUT2D eigenvalue weighted by atomic mass is 35.5. The Hall–Kier alpha value is -0.573. The van der Waals surface area contributed by atoms with E-state index in [0.29, 0.717) is 18.2 Å². The van der Waals surface area contributed by atoms with Gasteiger partial charge >= 0.3 is 5.97 Å². The molecule has 1 aromatic carbocycles. The summed E-state index contributed by atoms with van der Waals surface area (Å²) in [5.41, 5.74) is 1.59. The van der Waals surface area contributed by atoms with Gasteiger partial charge in [-0.25, -0.2) is 0 Å². The van der Waals surface area contributed by atoms with Gasteiger partial charge in [-0.2, -0.15) is 0 Å². The summed E-state index contributed by atoms with van der Waals surface area (Å²) in [5.74, 6) is -0.286. The molecular formula is C22H38ClNO4SSi. The Morgan fingerprint density at radius 3 is 2.30 bits per heavy atom. The number of halogens is 1. The van der Waals surface area contributed by atoms with Crippen LogP contribution in [0.5, 0.6) is 0 Å². The third-order valence-corrected chi connectivity index (χ3v) is 11.8. The van der Waals surface area contributed by atoms with Gasteiger partial charge in [-0.3, -0.25) is 4.79 Å². The lowest BCUT2D eigenvalue weighted by Gasteiger charge is -2.38. The Bertz CT molecular complexity index is 716. The highest BCUT2D eigenvalue weighted by Gasteiger charge is 2.39. The first-order valence-electron chi connectivity index (χ1n) is 10.3. The van der Waals surface area contributed by atoms with Crippen molar-refractivity contribution in [1.29, 1.82) is 0 Å². The minimum absolute atomic E-state index is 0.0635. The molecule has 0 aliphatic carbocycles. The van der Waals surface area contributed by atoms with Crippen LogP contribution in [0.25, 0.3) is 0 Å². The number of ether oxygens (including phenoxy) is 1. The molecule has 0 fully saturated rings. The maximum absolute atomic E-state index is 12.8. The summed E-state index contributed by atoms with van der Waals surface area (Å²) in [6.07, 6.45) is 0.167. The topological polar surface area (TPSA) is 70.6 Å². The number of carbonyl (C=O) groups is 1. The first kappa shape index (κ1) is 27.5. The van der Waals surface area contributed by atoms with Crippen molar-refractivity contribution in [2.45, 2.75) is 83.8 Å². The largest absolute Gasteiger partial charge is 0.598 e. The van der Waals surface area contributed by atoms with E-state index in [1.807, 2.05) is 32.9 Å². The van der Waals surface area contributed by atoms with Gasteiger partial charge in [0, 0.05) is 16.4 Å². The predicted octanol–water partition coefficient (Wildman–Crippen LogP) is 5.56. The highest BCUT2D eigenvalue weighted by molar-refractivity contribution is 7.90. The first-order chi connectivity index (χ1) is 13.6. The summed E-state index contributed by atoms with van der Waals surface area (Å²) >= 11 is 5.30. The lowest BCUT2D eigenvalue weighted by atomic mass is 10.0. The van der Waals surface area contributed by atoms with Gasteiger partial charge in [0.1, 0.15) is 10.8 Å². The average Bonchev–Trinajstić information content (AvgIpc) is 2.57. The molecule has 0 spiro atoms. The fraction of sp³-hybridized carbons (Fsp3) is 0.682. The van der Waals surface area contributed by atoms with E-state index in [-0.39, 0.29) is 23.5 Å². The van der Waals surface area contributed by atoms with Crippen LogP contribution in [-0.4, -0.2) is 36.8 Å². The molecule has 0 heterocycles. The molecule has 0 saturated heterocycles. The summed E-state index contributed by atoms with van der Waals surface area (Å²) in [6, 6.07) is 5.18. The van der Waals surface area contributed by atoms with Crippen molar-refractivity contribution >= 4 is 37.2 Å². The van der Waals surface area contributed by atoms with E-state index in [4.69, 9.17) is 20.8 Å². The second-order valence-corrected chi connectivity index (χ2v) is 17.2. The number of nitrogens with one attached hydrogen (secondary N) is 1. The Morgan fingerprint density at radius 1 is 1.23 bits per heavy atom. The fourth-order valence-electron chi connectivity index (χ4n) is 2.34. The van der Waals surface area contributed by atoms with E-state index in [1.54, 1.807) is 13.0 Å². The van der Waals surface area contributed by atoms with Crippen molar-refractivity contribution in [3.05, 3.63) is 34.3 Å². The van der Waals surface area contributed by atoms with Crippen LogP contribution in [0, 0.1) is 0 Å². The van der Waals surface area contributed by atoms with Crippen molar-refractivity contribution in [2.24, 2.45) is 0 Å². The lowest BCUT2D eigenvalue weighted by molar-refractivity contribution is -0.142. The maximum Gasteiger partial charge on any atom is 0.310 e. The second-order valence-electron chi connectivity index (χ2n) is 9.96. The molecule has 1 aromatic rings. The van der Waals surface area contributed by atoms with Crippen LogP contribution in [0.3, 0.4) is 0 Å². The zero-order valence-electron chi connectivity index (χ0n) is 19.8. The normalized spacial score (nSPS) is 15.0. The van der Waals surface area contributed by atoms with Crippen LogP contribution in [0.4, 0.5) is 0 Å². The number of benzene rings is 1. The van der Waals surface area contributed by atoms with Crippen molar-refractivity contribution in [1.82, 2.24) is 4.72 Å². The van der Waals surface area contributed by atoms with Crippen LogP contribution in [0.1, 0.15) is 65.6 Å². The van der Waals surface area contributed by atoms with Gasteiger partial charge < -0.3 is 13.7 Å². The van der Waals surface area contributed by atoms with Gasteiger partial charge in [-0.1, -0.05) is 44.5 Å². The summed E-state index contributed by atoms with van der Waals surface area (Å²) in [6.45, 7) is 19.2. The smallest absolute Gasteiger partial charge is 0.310 e. The van der Waals surface area contributed by atoms with Gasteiger partial charge in [-0.05, 0) is 63.0 Å². The van der Waals surface area contributed by atoms with Gasteiger partial charge in [0.2, 0.25) is 0 Å². The molecule has 0 bridgehead atoms. The number of esters is 1. The summed E-state index contributed by atoms with van der Waals surface area (Å²) < 4.78 is 27.0. The molecule has 8 heteroatoms. The number of carbonyl (C=O) groups excluding carboxylic acids is 1. The average molecular weight is 476 g/mol. The van der Waals surface area contributed by atoms with Gasteiger partial charge in [0.25, 0.3) is 0 Å². The molecule has 0 radical (unpaired) electrons. The SMILES string of the molecule is CCOC(=O)Cc1ccc([C@@H](CO[Si](C)(C)C(C)(C)C)N[S@@+]([O-])C(C)(C)C)c(Cl)c1. The number of hydrogen-bond donors (Lipinski definition) is 1. The minimum atomic E-state index is -2.00. The molecule has 2 atom stereocenters. The quantitative estimate of drug-likeness (QED) is 0.287. The molecule has 0 aromatic heterocycles. The van der Waals surface area contributed by atoms with Crippen LogP contribution >= 0.6 is 11.6 Å². The lowest BCUT2D eigenvalue weighted by Crippen LogP contribution is -2.46. The third kappa shape index (κ3) is 8.17. The highest BCUT2D eigenvalue weighted by Crippen LogP contribution is 2.38. The summed E-state index contributed by atoms with van der Waals surface area (Å²) in [5, 5.41) is 0.577. The molecular weight excluding hydrogens is 438 g/mol. The van der Waals surface area contributed by atoms with E-state index in [9.17, 15) is 9.35 Å². The van der Waals surface area contributed by atoms with Crippen molar-refractivity contribution in [3.8, 4) is 0 Å². The van der Waals surface area contributed by atoms with E-state index in [1.165, 1.54) is 0 Å². The van der Waals surface area contributed by atoms with E-state index in [0.717, 1.165) is 11.1 Å². The van der Waals surface area contributed by atoms with Crippen molar-refractivity contribution in [2.75, 3.05) is 13.2 Å². The molecule has 1 rings (SSSR count). The Balaban J connectivity index is 3.13. The minimum Gasteiger partial charge on any atom is -0.598 e. The molecule has 0 amide bonds. The van der Waals surface area contributed by atoms with Crippen molar-refractivity contribution in [3.63, 3.8) is 0 Å². The molecule has 30 heavy (non-hydrogen) atoms. The van der Waals surface area contributed by atoms with Crippen LogP contribution in [-0.2, 0) is 31.7 Å². The monoisotopic (exact) mass is 475 g/mol. The number of hydrogen-bond acceptors (Lipinski definition) is 5. The predicted molar refractivity (Wildman–Crippen MR) is 129 cm³/mol. The Labute approximate surface area is 191 Å². The Kier molecular flexibility index (Phi) is 9.92. The maximum atomic E-state index is 12.8. The molecule has 5 nitrogen and oxygen atoms in total. The third-order valence-electron chi connectivity index (χ3n) is 5.32. The molecule has 0 unspecified atom stereocenters. The van der Waals surface area contributed by atoms with Crippen LogP contribution < -0.4 is 4.72 Å². The van der Waals surface area contributed by atoms with Gasteiger partial charge in [0.05, 0.1) is 19.6 Å². The summed E-state index contributed by atoms with van der Waals surface area (Å²) in [4.78, 5) is 11.8. The first-order valence-corrected chi connectivity index (χ1v) is 14.8. The van der Waals surface area contributed by atoms with Crippen molar-refractivity contribution < 1.29 is 18.5 Å². The molecule has 172 valence electrons. The van der Waals surface area contributed by atoms with Crippen LogP contribution in [0.15, 0.2) is 18.2 Å². The summed E-state index contributed by atoms with van der Waals surface area (Å²) in [7, 11) is -2.00. The second kappa shape index (κ2) is 10.8. The molecule has 0 saturated carbocycles. The van der Waals surface area contributed by atoms with E-state index >= 15 is 0 Å². The fourth-order valence-corrected chi connectivity index (χ4v) is 4.50. The standard InChI is InChI=1S/C22H38ClNO4SSi/c1-10-27-20(25)14-16-11-12-17(18(23)13-16)19(24-29(26)21(2,3)4)15-28-30(8,9)22(5,6)7/h11-13,19,24H,10,14-15H2,1-9H3/t19-,29+/m1/s1. The number of rotatable bonds is 9.